The Bertz CT molecular complexity index is 1130. The maximum absolute atomic E-state index is 13.2. The van der Waals surface area contributed by atoms with Crippen LogP contribution in [0.4, 0.5) is 0 Å². The third-order valence-corrected chi connectivity index (χ3v) is 6.71. The molecule has 2 aromatic rings. The SMILES string of the molecule is COc1cc(/C=C2/C(=O)N(C3CCCCC3)C(=S)N2C)ccc1OCc1ccccc1C#N. The maximum Gasteiger partial charge on any atom is 0.277 e. The molecule has 2 aromatic carbocycles. The minimum absolute atomic E-state index is 0.0400. The van der Waals surface area contributed by atoms with Gasteiger partial charge in [0.25, 0.3) is 5.91 Å². The molecule has 1 heterocycles. The fourth-order valence-corrected chi connectivity index (χ4v) is 4.73. The first kappa shape index (κ1) is 22.8. The number of hydrogen-bond donors (Lipinski definition) is 0. The molecule has 7 heteroatoms. The van der Waals surface area contributed by atoms with E-state index < -0.39 is 0 Å². The van der Waals surface area contributed by atoms with Crippen molar-refractivity contribution in [2.45, 2.75) is 44.8 Å². The van der Waals surface area contributed by atoms with Crippen molar-refractivity contribution >= 4 is 29.3 Å². The first-order valence-corrected chi connectivity index (χ1v) is 11.6. The number of nitriles is 1. The second kappa shape index (κ2) is 10.1. The number of amides is 1. The van der Waals surface area contributed by atoms with Crippen molar-refractivity contribution in [3.05, 3.63) is 64.9 Å². The van der Waals surface area contributed by atoms with Gasteiger partial charge in [0.2, 0.25) is 0 Å². The largest absolute Gasteiger partial charge is 0.493 e. The number of benzene rings is 2. The molecule has 1 amide bonds. The molecular formula is C26H27N3O3S. The van der Waals surface area contributed by atoms with Gasteiger partial charge >= 0.3 is 0 Å². The zero-order chi connectivity index (χ0) is 23.4. The number of likely N-dealkylation sites (N-methyl/N-ethyl adjacent to an activating group) is 1. The normalized spacial score (nSPS) is 18.0. The van der Waals surface area contributed by atoms with E-state index in [1.807, 2.05) is 49.5 Å². The fourth-order valence-electron chi connectivity index (χ4n) is 4.40. The highest BCUT2D eigenvalue weighted by molar-refractivity contribution is 7.80. The summed E-state index contributed by atoms with van der Waals surface area (Å²) < 4.78 is 11.5. The number of nitrogens with zero attached hydrogens (tertiary/aromatic N) is 3. The maximum atomic E-state index is 13.2. The Morgan fingerprint density at radius 1 is 1.15 bits per heavy atom. The third-order valence-electron chi connectivity index (χ3n) is 6.24. The standard InChI is InChI=1S/C26H27N3O3S/c1-28-22(25(30)29(26(28)33)21-10-4-3-5-11-21)14-18-12-13-23(24(15-18)31-2)32-17-20-9-7-6-8-19(20)16-27/h6-9,12-15,21H,3-5,10-11,17H2,1-2H3/b22-14-. The number of carbonyl (C=O) groups excluding carboxylic acids is 1. The Morgan fingerprint density at radius 3 is 2.64 bits per heavy atom. The van der Waals surface area contributed by atoms with Gasteiger partial charge in [-0.2, -0.15) is 5.26 Å². The summed E-state index contributed by atoms with van der Waals surface area (Å²) in [7, 11) is 3.42. The van der Waals surface area contributed by atoms with Gasteiger partial charge in [-0.25, -0.2) is 0 Å². The molecule has 1 saturated carbocycles. The van der Waals surface area contributed by atoms with Gasteiger partial charge in [0.05, 0.1) is 18.7 Å². The van der Waals surface area contributed by atoms with Crippen LogP contribution in [0, 0.1) is 11.3 Å². The molecule has 4 rings (SSSR count). The van der Waals surface area contributed by atoms with Gasteiger partial charge in [0, 0.05) is 18.7 Å². The van der Waals surface area contributed by atoms with E-state index in [-0.39, 0.29) is 18.6 Å². The molecule has 0 radical (unpaired) electrons. The molecule has 0 atom stereocenters. The van der Waals surface area contributed by atoms with E-state index in [9.17, 15) is 10.1 Å². The second-order valence-electron chi connectivity index (χ2n) is 8.31. The van der Waals surface area contributed by atoms with Crippen LogP contribution >= 0.6 is 12.2 Å². The Hall–Kier alpha value is -3.37. The monoisotopic (exact) mass is 461 g/mol. The van der Waals surface area contributed by atoms with E-state index in [0.29, 0.717) is 27.9 Å². The summed E-state index contributed by atoms with van der Waals surface area (Å²) in [5.74, 6) is 1.08. The van der Waals surface area contributed by atoms with E-state index in [0.717, 1.165) is 36.8 Å². The highest BCUT2D eigenvalue weighted by Crippen LogP contribution is 2.33. The Balaban J connectivity index is 1.54. The number of thiocarbonyl (C=S) groups is 1. The molecule has 33 heavy (non-hydrogen) atoms. The molecule has 2 aliphatic rings. The van der Waals surface area contributed by atoms with Crippen molar-refractivity contribution in [3.8, 4) is 17.6 Å². The number of hydrogen-bond acceptors (Lipinski definition) is 5. The van der Waals surface area contributed by atoms with Crippen LogP contribution in [0.2, 0.25) is 0 Å². The lowest BCUT2D eigenvalue weighted by Crippen LogP contribution is -2.41. The molecule has 0 N–H and O–H groups in total. The molecule has 1 saturated heterocycles. The van der Waals surface area contributed by atoms with Crippen molar-refractivity contribution in [1.29, 1.82) is 5.26 Å². The smallest absolute Gasteiger partial charge is 0.277 e. The quantitative estimate of drug-likeness (QED) is 0.451. The molecule has 0 spiro atoms. The van der Waals surface area contributed by atoms with E-state index in [4.69, 9.17) is 21.7 Å². The summed E-state index contributed by atoms with van der Waals surface area (Å²) >= 11 is 5.61. The number of methoxy groups -OCH3 is 1. The van der Waals surface area contributed by atoms with Crippen molar-refractivity contribution in [1.82, 2.24) is 9.80 Å². The molecule has 170 valence electrons. The van der Waals surface area contributed by atoms with Crippen molar-refractivity contribution in [2.24, 2.45) is 0 Å². The van der Waals surface area contributed by atoms with Crippen LogP contribution in [0.3, 0.4) is 0 Å². The van der Waals surface area contributed by atoms with Crippen LogP contribution < -0.4 is 9.47 Å². The van der Waals surface area contributed by atoms with Crippen LogP contribution in [0.25, 0.3) is 6.08 Å². The molecule has 0 unspecified atom stereocenters. The molecule has 1 aliphatic heterocycles. The summed E-state index contributed by atoms with van der Waals surface area (Å²) in [6, 6.07) is 15.2. The summed E-state index contributed by atoms with van der Waals surface area (Å²) in [6.07, 6.45) is 7.34. The van der Waals surface area contributed by atoms with Crippen LogP contribution in [-0.2, 0) is 11.4 Å². The molecule has 2 fully saturated rings. The van der Waals surface area contributed by atoms with E-state index in [2.05, 4.69) is 6.07 Å². The van der Waals surface area contributed by atoms with Crippen molar-refractivity contribution in [3.63, 3.8) is 0 Å². The highest BCUT2D eigenvalue weighted by atomic mass is 32.1. The minimum atomic E-state index is -0.0400. The average Bonchev–Trinajstić information content (AvgIpc) is 3.06. The molecule has 6 nitrogen and oxygen atoms in total. The zero-order valence-electron chi connectivity index (χ0n) is 18.9. The molecular weight excluding hydrogens is 434 g/mol. The first-order valence-electron chi connectivity index (χ1n) is 11.1. The van der Waals surface area contributed by atoms with Gasteiger partial charge in [-0.3, -0.25) is 9.69 Å². The van der Waals surface area contributed by atoms with E-state index in [1.54, 1.807) is 23.0 Å². The van der Waals surface area contributed by atoms with Crippen molar-refractivity contribution in [2.75, 3.05) is 14.2 Å². The van der Waals surface area contributed by atoms with E-state index >= 15 is 0 Å². The van der Waals surface area contributed by atoms with Crippen LogP contribution in [-0.4, -0.2) is 41.0 Å². The number of carbonyl (C=O) groups is 1. The topological polar surface area (TPSA) is 65.8 Å². The third kappa shape index (κ3) is 4.71. The Labute approximate surface area is 200 Å². The fraction of sp³-hybridized carbons (Fsp3) is 0.346. The summed E-state index contributed by atoms with van der Waals surface area (Å²) in [5, 5.41) is 9.84. The van der Waals surface area contributed by atoms with Gasteiger partial charge in [-0.1, -0.05) is 43.5 Å². The van der Waals surface area contributed by atoms with Crippen molar-refractivity contribution < 1.29 is 14.3 Å². The van der Waals surface area contributed by atoms with Crippen LogP contribution in [0.1, 0.15) is 48.8 Å². The summed E-state index contributed by atoms with van der Waals surface area (Å²) in [6.45, 7) is 0.256. The lowest BCUT2D eigenvalue weighted by molar-refractivity contribution is -0.124. The first-order chi connectivity index (χ1) is 16.0. The molecule has 0 bridgehead atoms. The van der Waals surface area contributed by atoms with Gasteiger partial charge < -0.3 is 14.4 Å². The van der Waals surface area contributed by atoms with Gasteiger partial charge in [-0.15, -0.1) is 0 Å². The Kier molecular flexibility index (Phi) is 6.95. The lowest BCUT2D eigenvalue weighted by atomic mass is 9.94. The highest BCUT2D eigenvalue weighted by Gasteiger charge is 2.40. The predicted molar refractivity (Wildman–Crippen MR) is 131 cm³/mol. The minimum Gasteiger partial charge on any atom is -0.493 e. The van der Waals surface area contributed by atoms with Crippen LogP contribution in [0.15, 0.2) is 48.2 Å². The summed E-state index contributed by atoms with van der Waals surface area (Å²) in [5.41, 5.74) is 2.77. The van der Waals surface area contributed by atoms with Gasteiger partial charge in [0.1, 0.15) is 12.3 Å². The Morgan fingerprint density at radius 2 is 1.91 bits per heavy atom. The van der Waals surface area contributed by atoms with E-state index in [1.165, 1.54) is 6.42 Å². The molecule has 0 aromatic heterocycles. The number of ether oxygens (including phenoxy) is 2. The lowest BCUT2D eigenvalue weighted by Gasteiger charge is -2.30. The van der Waals surface area contributed by atoms with Crippen LogP contribution in [0.5, 0.6) is 11.5 Å². The zero-order valence-corrected chi connectivity index (χ0v) is 19.7. The second-order valence-corrected chi connectivity index (χ2v) is 8.67. The predicted octanol–water partition coefficient (Wildman–Crippen LogP) is 4.88. The van der Waals surface area contributed by atoms with Gasteiger partial charge in [0.15, 0.2) is 16.6 Å². The van der Waals surface area contributed by atoms with Gasteiger partial charge in [-0.05, 0) is 54.9 Å². The summed E-state index contributed by atoms with van der Waals surface area (Å²) in [4.78, 5) is 16.8. The number of rotatable bonds is 6. The average molecular weight is 462 g/mol. The molecule has 1 aliphatic carbocycles.